The number of aliphatic hydroxyl groups is 1. The molecule has 7 nitrogen and oxygen atoms in total. The predicted molar refractivity (Wildman–Crippen MR) is 78.7 cm³/mol. The normalized spacial score (nSPS) is 13.9. The lowest BCUT2D eigenvalue weighted by Gasteiger charge is -2.28. The van der Waals surface area contributed by atoms with Crippen molar-refractivity contribution in [2.75, 3.05) is 13.7 Å². The van der Waals surface area contributed by atoms with E-state index in [0.29, 0.717) is 41.7 Å². The maximum atomic E-state index is 12.7. The Kier molecular flexibility index (Phi) is 4.00. The third-order valence-electron chi connectivity index (χ3n) is 3.67. The SMILES string of the molecule is COc1ccc(Cl)cc1C(=O)N1CCn2nnc(CO)c2C1. The summed E-state index contributed by atoms with van der Waals surface area (Å²) >= 11 is 5.98. The van der Waals surface area contributed by atoms with Crippen LogP contribution in [-0.2, 0) is 19.7 Å². The summed E-state index contributed by atoms with van der Waals surface area (Å²) in [5.41, 5.74) is 1.67. The molecule has 0 radical (unpaired) electrons. The Labute approximate surface area is 132 Å². The molecule has 1 N–H and O–H groups in total. The molecule has 0 saturated heterocycles. The number of fused-ring (bicyclic) bond motifs is 1. The number of carbonyl (C=O) groups excluding carboxylic acids is 1. The van der Waals surface area contributed by atoms with Gasteiger partial charge in [-0.1, -0.05) is 16.8 Å². The van der Waals surface area contributed by atoms with E-state index in [1.807, 2.05) is 0 Å². The van der Waals surface area contributed by atoms with E-state index in [4.69, 9.17) is 16.3 Å². The molecule has 8 heteroatoms. The van der Waals surface area contributed by atoms with Gasteiger partial charge >= 0.3 is 0 Å². The molecule has 0 fully saturated rings. The Morgan fingerprint density at radius 2 is 2.27 bits per heavy atom. The number of amides is 1. The molecule has 0 atom stereocenters. The van der Waals surface area contributed by atoms with Crippen molar-refractivity contribution in [3.8, 4) is 5.75 Å². The van der Waals surface area contributed by atoms with E-state index in [2.05, 4.69) is 10.3 Å². The van der Waals surface area contributed by atoms with Crippen LogP contribution in [0.4, 0.5) is 0 Å². The molecular weight excluding hydrogens is 308 g/mol. The molecule has 116 valence electrons. The molecule has 2 aromatic rings. The van der Waals surface area contributed by atoms with Crippen LogP contribution in [0.25, 0.3) is 0 Å². The van der Waals surface area contributed by atoms with Crippen molar-refractivity contribution in [2.45, 2.75) is 19.7 Å². The molecule has 2 heterocycles. The molecule has 0 saturated carbocycles. The summed E-state index contributed by atoms with van der Waals surface area (Å²) in [6.45, 7) is 1.20. The first-order valence-corrected chi connectivity index (χ1v) is 7.16. The third-order valence-corrected chi connectivity index (χ3v) is 3.90. The highest BCUT2D eigenvalue weighted by Gasteiger charge is 2.27. The first-order valence-electron chi connectivity index (χ1n) is 6.79. The van der Waals surface area contributed by atoms with Gasteiger partial charge in [-0.25, -0.2) is 4.68 Å². The van der Waals surface area contributed by atoms with Crippen LogP contribution in [-0.4, -0.2) is 44.6 Å². The summed E-state index contributed by atoms with van der Waals surface area (Å²) in [5.74, 6) is 0.310. The maximum absolute atomic E-state index is 12.7. The van der Waals surface area contributed by atoms with Crippen molar-refractivity contribution >= 4 is 17.5 Å². The van der Waals surface area contributed by atoms with Gasteiger partial charge in [0.2, 0.25) is 0 Å². The van der Waals surface area contributed by atoms with Crippen LogP contribution in [0.5, 0.6) is 5.75 Å². The Bertz CT molecular complexity index is 703. The molecule has 0 aliphatic carbocycles. The molecule has 1 aliphatic heterocycles. The van der Waals surface area contributed by atoms with Gasteiger partial charge in [-0.2, -0.15) is 0 Å². The second-order valence-electron chi connectivity index (χ2n) is 4.94. The van der Waals surface area contributed by atoms with E-state index < -0.39 is 0 Å². The fourth-order valence-corrected chi connectivity index (χ4v) is 2.68. The molecule has 22 heavy (non-hydrogen) atoms. The Morgan fingerprint density at radius 1 is 1.45 bits per heavy atom. The lowest BCUT2D eigenvalue weighted by molar-refractivity contribution is 0.0700. The van der Waals surface area contributed by atoms with Crippen LogP contribution in [0.1, 0.15) is 21.7 Å². The van der Waals surface area contributed by atoms with Crippen LogP contribution in [0.2, 0.25) is 5.02 Å². The van der Waals surface area contributed by atoms with E-state index in [-0.39, 0.29) is 12.5 Å². The molecule has 1 amide bonds. The van der Waals surface area contributed by atoms with Crippen molar-refractivity contribution in [2.24, 2.45) is 0 Å². The number of hydrogen-bond acceptors (Lipinski definition) is 5. The topological polar surface area (TPSA) is 80.5 Å². The molecule has 1 aromatic carbocycles. The van der Waals surface area contributed by atoms with Crippen LogP contribution in [0, 0.1) is 0 Å². The fraction of sp³-hybridized carbons (Fsp3) is 0.357. The predicted octanol–water partition coefficient (Wildman–Crippen LogP) is 1.09. The minimum Gasteiger partial charge on any atom is -0.496 e. The van der Waals surface area contributed by atoms with Gasteiger partial charge in [-0.05, 0) is 18.2 Å². The average Bonchev–Trinajstić information content (AvgIpc) is 2.96. The number of aromatic nitrogens is 3. The molecule has 1 aliphatic rings. The number of rotatable bonds is 3. The first kappa shape index (κ1) is 14.8. The summed E-state index contributed by atoms with van der Waals surface area (Å²) in [5, 5.41) is 17.6. The standard InChI is InChI=1S/C14H15ClN4O3/c1-22-13-3-2-9(15)6-10(13)14(21)18-4-5-19-12(7-18)11(8-20)16-17-19/h2-3,6,20H,4-5,7-8H2,1H3. The zero-order valence-corrected chi connectivity index (χ0v) is 12.7. The van der Waals surface area contributed by atoms with Gasteiger partial charge in [0, 0.05) is 11.6 Å². The van der Waals surface area contributed by atoms with Crippen molar-refractivity contribution in [1.29, 1.82) is 0 Å². The molecule has 0 unspecified atom stereocenters. The van der Waals surface area contributed by atoms with Crippen molar-refractivity contribution in [3.05, 3.63) is 40.2 Å². The minimum atomic E-state index is -0.197. The van der Waals surface area contributed by atoms with Crippen molar-refractivity contribution < 1.29 is 14.6 Å². The fourth-order valence-electron chi connectivity index (χ4n) is 2.51. The van der Waals surface area contributed by atoms with Gasteiger partial charge in [-0.3, -0.25) is 4.79 Å². The number of nitrogens with zero attached hydrogens (tertiary/aromatic N) is 4. The van der Waals surface area contributed by atoms with Gasteiger partial charge in [0.05, 0.1) is 38.1 Å². The van der Waals surface area contributed by atoms with Crippen molar-refractivity contribution in [3.63, 3.8) is 0 Å². The van der Waals surface area contributed by atoms with Gasteiger partial charge < -0.3 is 14.7 Å². The summed E-state index contributed by atoms with van der Waals surface area (Å²) in [4.78, 5) is 14.4. The van der Waals surface area contributed by atoms with Crippen molar-refractivity contribution in [1.82, 2.24) is 19.9 Å². The summed E-state index contributed by atoms with van der Waals surface area (Å²) in [7, 11) is 1.51. The van der Waals surface area contributed by atoms with Crippen LogP contribution >= 0.6 is 11.6 Å². The van der Waals surface area contributed by atoms with Crippen LogP contribution < -0.4 is 4.74 Å². The number of methoxy groups -OCH3 is 1. The second-order valence-corrected chi connectivity index (χ2v) is 5.37. The monoisotopic (exact) mass is 322 g/mol. The Hall–Kier alpha value is -2.12. The van der Waals surface area contributed by atoms with E-state index in [9.17, 15) is 9.90 Å². The third kappa shape index (κ3) is 2.53. The van der Waals surface area contributed by atoms with Gasteiger partial charge in [0.25, 0.3) is 5.91 Å². The molecule has 0 bridgehead atoms. The van der Waals surface area contributed by atoms with Gasteiger partial charge in [-0.15, -0.1) is 5.10 Å². The Morgan fingerprint density at radius 3 is 3.00 bits per heavy atom. The van der Waals surface area contributed by atoms with Crippen LogP contribution in [0.3, 0.4) is 0 Å². The largest absolute Gasteiger partial charge is 0.496 e. The summed E-state index contributed by atoms with van der Waals surface area (Å²) in [6.07, 6.45) is 0. The van der Waals surface area contributed by atoms with Gasteiger partial charge in [0.1, 0.15) is 11.4 Å². The highest BCUT2D eigenvalue weighted by molar-refractivity contribution is 6.31. The Balaban J connectivity index is 1.89. The number of ether oxygens (including phenoxy) is 1. The van der Waals surface area contributed by atoms with Gasteiger partial charge in [0.15, 0.2) is 0 Å². The molecule has 1 aromatic heterocycles. The smallest absolute Gasteiger partial charge is 0.258 e. The highest BCUT2D eigenvalue weighted by Crippen LogP contribution is 2.26. The van der Waals surface area contributed by atoms with E-state index in [1.165, 1.54) is 7.11 Å². The lowest BCUT2D eigenvalue weighted by Crippen LogP contribution is -2.39. The lowest BCUT2D eigenvalue weighted by atomic mass is 10.1. The molecular formula is C14H15ClN4O3. The van der Waals surface area contributed by atoms with E-state index >= 15 is 0 Å². The number of halogens is 1. The maximum Gasteiger partial charge on any atom is 0.258 e. The van der Waals surface area contributed by atoms with E-state index in [1.54, 1.807) is 27.8 Å². The quantitative estimate of drug-likeness (QED) is 0.915. The van der Waals surface area contributed by atoms with Crippen LogP contribution in [0.15, 0.2) is 18.2 Å². The number of benzene rings is 1. The summed E-state index contributed by atoms with van der Waals surface area (Å²) in [6, 6.07) is 4.94. The van der Waals surface area contributed by atoms with E-state index in [0.717, 1.165) is 5.69 Å². The number of carbonyl (C=O) groups is 1. The second kappa shape index (κ2) is 5.94. The molecule has 0 spiro atoms. The minimum absolute atomic E-state index is 0.171. The zero-order chi connectivity index (χ0) is 15.7. The average molecular weight is 323 g/mol. The summed E-state index contributed by atoms with van der Waals surface area (Å²) < 4.78 is 6.95. The highest BCUT2D eigenvalue weighted by atomic mass is 35.5. The number of aliphatic hydroxyl groups excluding tert-OH is 1. The zero-order valence-electron chi connectivity index (χ0n) is 12.0. The molecule has 3 rings (SSSR count). The first-order chi connectivity index (χ1) is 10.6. The number of hydrogen-bond donors (Lipinski definition) is 1.